The summed E-state index contributed by atoms with van der Waals surface area (Å²) in [7, 11) is 0. The molecule has 0 aliphatic rings. The number of rotatable bonds is 10. The first kappa shape index (κ1) is 15.3. The molecule has 0 radical (unpaired) electrons. The summed E-state index contributed by atoms with van der Waals surface area (Å²) in [5.74, 6) is 0.827. The highest BCUT2D eigenvalue weighted by molar-refractivity contribution is 5.80. The Kier molecular flexibility index (Phi) is 9.16. The van der Waals surface area contributed by atoms with E-state index in [0.29, 0.717) is 18.8 Å². The summed E-state index contributed by atoms with van der Waals surface area (Å²) < 4.78 is 0. The van der Waals surface area contributed by atoms with Crippen molar-refractivity contribution in [3.8, 4) is 0 Å². The van der Waals surface area contributed by atoms with Crippen molar-refractivity contribution in [2.75, 3.05) is 0 Å². The van der Waals surface area contributed by atoms with E-state index in [2.05, 4.69) is 13.8 Å². The van der Waals surface area contributed by atoms with E-state index in [1.54, 1.807) is 6.92 Å². The highest BCUT2D eigenvalue weighted by Gasteiger charge is 2.11. The predicted octanol–water partition coefficient (Wildman–Crippen LogP) is 3.78. The van der Waals surface area contributed by atoms with Gasteiger partial charge in [0, 0.05) is 18.8 Å². The van der Waals surface area contributed by atoms with Gasteiger partial charge in [0.05, 0.1) is 0 Å². The Balaban J connectivity index is 3.74. The lowest BCUT2D eigenvalue weighted by Crippen LogP contribution is -2.09. The van der Waals surface area contributed by atoms with E-state index in [1.165, 1.54) is 19.3 Å². The Morgan fingerprint density at radius 3 is 2.44 bits per heavy atom. The maximum absolute atomic E-state index is 11.5. The van der Waals surface area contributed by atoms with Gasteiger partial charge in [0.1, 0.15) is 12.1 Å². The molecule has 0 aromatic carbocycles. The van der Waals surface area contributed by atoms with Crippen molar-refractivity contribution in [2.24, 2.45) is 11.8 Å². The number of Topliss-reactive ketones (excluding diaryl/α,β-unsaturated/α-hetero) is 1. The molecule has 2 unspecified atom stereocenters. The number of unbranched alkanes of at least 4 members (excludes halogenated alkanes) is 1. The van der Waals surface area contributed by atoms with Crippen LogP contribution < -0.4 is 0 Å². The normalized spacial score (nSPS) is 14.4. The van der Waals surface area contributed by atoms with Crippen LogP contribution >= 0.6 is 0 Å². The summed E-state index contributed by atoms with van der Waals surface area (Å²) in [6.45, 7) is 6.20. The fourth-order valence-corrected chi connectivity index (χ4v) is 1.92. The molecule has 0 aromatic rings. The average Bonchev–Trinajstić information content (AvgIpc) is 2.29. The van der Waals surface area contributed by atoms with E-state index in [0.717, 1.165) is 19.1 Å². The van der Waals surface area contributed by atoms with Gasteiger partial charge in [0.15, 0.2) is 0 Å². The van der Waals surface area contributed by atoms with Crippen LogP contribution in [0.5, 0.6) is 0 Å². The molecule has 2 nitrogen and oxygen atoms in total. The Morgan fingerprint density at radius 2 is 1.94 bits per heavy atom. The largest absolute Gasteiger partial charge is 0.303 e. The van der Waals surface area contributed by atoms with Crippen molar-refractivity contribution >= 4 is 12.1 Å². The van der Waals surface area contributed by atoms with Crippen molar-refractivity contribution in [1.82, 2.24) is 0 Å². The van der Waals surface area contributed by atoms with Gasteiger partial charge in [0.25, 0.3) is 0 Å². The van der Waals surface area contributed by atoms with Gasteiger partial charge in [-0.05, 0) is 12.3 Å². The number of carbonyl (C=O) groups is 2. The zero-order valence-corrected chi connectivity index (χ0v) is 11.0. The molecule has 2 atom stereocenters. The lowest BCUT2D eigenvalue weighted by Gasteiger charge is -2.13. The molecule has 0 N–H and O–H groups in total. The minimum atomic E-state index is -0.108. The Bertz CT molecular complexity index is 199. The maximum Gasteiger partial charge on any atom is 0.133 e. The van der Waals surface area contributed by atoms with Gasteiger partial charge < -0.3 is 4.79 Å². The zero-order chi connectivity index (χ0) is 12.4. The van der Waals surface area contributed by atoms with Gasteiger partial charge in [-0.25, -0.2) is 0 Å². The second-order valence-corrected chi connectivity index (χ2v) is 4.81. The summed E-state index contributed by atoms with van der Waals surface area (Å²) >= 11 is 0. The highest BCUT2D eigenvalue weighted by atomic mass is 16.1. The van der Waals surface area contributed by atoms with Gasteiger partial charge >= 0.3 is 0 Å². The molecular weight excluding hydrogens is 200 g/mol. The third-order valence-corrected chi connectivity index (χ3v) is 3.16. The molecule has 0 saturated carbocycles. The van der Waals surface area contributed by atoms with Crippen molar-refractivity contribution in [1.29, 1.82) is 0 Å². The third-order valence-electron chi connectivity index (χ3n) is 3.16. The summed E-state index contributed by atoms with van der Waals surface area (Å²) in [6, 6.07) is 0. The highest BCUT2D eigenvalue weighted by Crippen LogP contribution is 2.19. The minimum absolute atomic E-state index is 0.108. The molecule has 2 heteroatoms. The standard InChI is InChI=1S/C14H26O2/c1-4-6-7-13(5-2)8-9-14(16)10-12(3)11-15/h11-13H,4-10H2,1-3H3. The molecule has 0 amide bonds. The van der Waals surface area contributed by atoms with E-state index in [4.69, 9.17) is 0 Å². The summed E-state index contributed by atoms with van der Waals surface area (Å²) in [4.78, 5) is 22.0. The van der Waals surface area contributed by atoms with Crippen molar-refractivity contribution in [3.63, 3.8) is 0 Å². The monoisotopic (exact) mass is 226 g/mol. The molecule has 0 aromatic heterocycles. The Labute approximate surface area is 99.8 Å². The van der Waals surface area contributed by atoms with E-state index >= 15 is 0 Å². The molecule has 0 spiro atoms. The molecule has 0 heterocycles. The van der Waals surface area contributed by atoms with E-state index < -0.39 is 0 Å². The molecule has 0 aliphatic carbocycles. The van der Waals surface area contributed by atoms with Crippen molar-refractivity contribution < 1.29 is 9.59 Å². The van der Waals surface area contributed by atoms with Crippen LogP contribution in [0, 0.1) is 11.8 Å². The summed E-state index contributed by atoms with van der Waals surface area (Å²) in [6.07, 6.45) is 7.84. The quantitative estimate of drug-likeness (QED) is 0.531. The van der Waals surface area contributed by atoms with Gasteiger partial charge in [-0.15, -0.1) is 0 Å². The Morgan fingerprint density at radius 1 is 1.25 bits per heavy atom. The number of ketones is 1. The first-order valence-corrected chi connectivity index (χ1v) is 6.60. The SMILES string of the molecule is CCCCC(CC)CCC(=O)CC(C)C=O. The predicted molar refractivity (Wildman–Crippen MR) is 67.4 cm³/mol. The molecule has 16 heavy (non-hydrogen) atoms. The van der Waals surface area contributed by atoms with Gasteiger partial charge in [0.2, 0.25) is 0 Å². The molecule has 0 aliphatic heterocycles. The molecule has 94 valence electrons. The molecule has 0 saturated heterocycles. The van der Waals surface area contributed by atoms with Crippen LogP contribution in [0.2, 0.25) is 0 Å². The first-order valence-electron chi connectivity index (χ1n) is 6.60. The average molecular weight is 226 g/mol. The topological polar surface area (TPSA) is 34.1 Å². The van der Waals surface area contributed by atoms with Crippen molar-refractivity contribution in [2.45, 2.75) is 65.7 Å². The molecule has 0 fully saturated rings. The van der Waals surface area contributed by atoms with Gasteiger partial charge in [-0.3, -0.25) is 4.79 Å². The molecule has 0 bridgehead atoms. The number of carbonyl (C=O) groups excluding carboxylic acids is 2. The van der Waals surface area contributed by atoms with E-state index in [1.807, 2.05) is 0 Å². The van der Waals surface area contributed by atoms with Crippen LogP contribution in [0.1, 0.15) is 65.7 Å². The minimum Gasteiger partial charge on any atom is -0.303 e. The van der Waals surface area contributed by atoms with Crippen molar-refractivity contribution in [3.05, 3.63) is 0 Å². The van der Waals surface area contributed by atoms with E-state index in [9.17, 15) is 9.59 Å². The number of hydrogen-bond donors (Lipinski definition) is 0. The zero-order valence-electron chi connectivity index (χ0n) is 11.0. The van der Waals surface area contributed by atoms with Gasteiger partial charge in [-0.1, -0.05) is 46.5 Å². The van der Waals surface area contributed by atoms with Crippen LogP contribution in [0.25, 0.3) is 0 Å². The number of aldehydes is 1. The smallest absolute Gasteiger partial charge is 0.133 e. The second-order valence-electron chi connectivity index (χ2n) is 4.81. The fourth-order valence-electron chi connectivity index (χ4n) is 1.92. The van der Waals surface area contributed by atoms with E-state index in [-0.39, 0.29) is 11.7 Å². The lowest BCUT2D eigenvalue weighted by molar-refractivity contribution is -0.122. The number of hydrogen-bond acceptors (Lipinski definition) is 2. The van der Waals surface area contributed by atoms with Crippen LogP contribution in [0.3, 0.4) is 0 Å². The maximum atomic E-state index is 11.5. The van der Waals surface area contributed by atoms with Crippen LogP contribution in [0.15, 0.2) is 0 Å². The van der Waals surface area contributed by atoms with Crippen LogP contribution in [0.4, 0.5) is 0 Å². The third kappa shape index (κ3) is 7.61. The molecule has 0 rings (SSSR count). The first-order chi connectivity index (χ1) is 7.63. The fraction of sp³-hybridized carbons (Fsp3) is 0.857. The summed E-state index contributed by atoms with van der Waals surface area (Å²) in [5.41, 5.74) is 0. The lowest BCUT2D eigenvalue weighted by atomic mass is 9.92. The van der Waals surface area contributed by atoms with Gasteiger partial charge in [-0.2, -0.15) is 0 Å². The van der Waals surface area contributed by atoms with Crippen LogP contribution in [-0.4, -0.2) is 12.1 Å². The molecular formula is C14H26O2. The second kappa shape index (κ2) is 9.56. The summed E-state index contributed by atoms with van der Waals surface area (Å²) in [5, 5.41) is 0. The Hall–Kier alpha value is -0.660. The van der Waals surface area contributed by atoms with Crippen LogP contribution in [-0.2, 0) is 9.59 Å².